The van der Waals surface area contributed by atoms with Crippen LogP contribution in [-0.2, 0) is 0 Å². The second kappa shape index (κ2) is 8.83. The summed E-state index contributed by atoms with van der Waals surface area (Å²) in [5.74, 6) is -6.26. The van der Waals surface area contributed by atoms with Gasteiger partial charge in [-0.1, -0.05) is 29.1 Å². The van der Waals surface area contributed by atoms with Crippen LogP contribution in [0, 0.1) is 0 Å². The van der Waals surface area contributed by atoms with Crippen LogP contribution in [0.3, 0.4) is 0 Å². The number of hydrogen-bond donors (Lipinski definition) is 4. The van der Waals surface area contributed by atoms with Crippen LogP contribution in [0.5, 0.6) is 0 Å². The molecule has 2 aromatic rings. The molecule has 0 aliphatic rings. The Bertz CT molecular complexity index is 1040. The molecule has 0 amide bonds. The number of alkyl halides is 3. The van der Waals surface area contributed by atoms with Crippen LogP contribution in [-0.4, -0.2) is 58.6 Å². The Labute approximate surface area is 179 Å². The predicted molar refractivity (Wildman–Crippen MR) is 107 cm³/mol. The van der Waals surface area contributed by atoms with E-state index in [0.29, 0.717) is 0 Å². The molecule has 0 atom stereocenters. The van der Waals surface area contributed by atoms with Gasteiger partial charge in [-0.3, -0.25) is 0 Å². The van der Waals surface area contributed by atoms with Gasteiger partial charge in [-0.15, -0.1) is 0 Å². The van der Waals surface area contributed by atoms with Gasteiger partial charge < -0.3 is 20.4 Å². The third kappa shape index (κ3) is 5.14. The summed E-state index contributed by atoms with van der Waals surface area (Å²) in [7, 11) is -3.51. The molecule has 0 aliphatic heterocycles. The van der Waals surface area contributed by atoms with Gasteiger partial charge in [-0.2, -0.15) is 13.2 Å². The van der Waals surface area contributed by atoms with Crippen LogP contribution in [0.1, 0.15) is 47.9 Å². The Morgan fingerprint density at radius 3 is 1.34 bits per heavy atom. The Morgan fingerprint density at radius 1 is 0.719 bits per heavy atom. The number of halogens is 3. The average molecular weight is 470 g/mol. The number of carboxylic acid groups (broad SMARTS) is 4. The molecule has 0 unspecified atom stereocenters. The molecule has 32 heavy (non-hydrogen) atoms. The number of rotatable bonds is 8. The summed E-state index contributed by atoms with van der Waals surface area (Å²) >= 11 is 0. The third-order valence-corrected chi connectivity index (χ3v) is 9.56. The molecule has 2 rings (SSSR count). The molecule has 0 spiro atoms. The van der Waals surface area contributed by atoms with Gasteiger partial charge in [0.25, 0.3) is 0 Å². The quantitative estimate of drug-likeness (QED) is 0.430. The Balaban J connectivity index is 2.79. The summed E-state index contributed by atoms with van der Waals surface area (Å²) in [5, 5.41) is 37.4. The first kappa shape index (κ1) is 24.6. The lowest BCUT2D eigenvalue weighted by Gasteiger charge is -2.30. The molecule has 0 aliphatic carbocycles. The van der Waals surface area contributed by atoms with Crippen LogP contribution < -0.4 is 10.4 Å². The molecule has 0 bridgehead atoms. The molecular weight excluding hydrogens is 453 g/mol. The van der Waals surface area contributed by atoms with Crippen molar-refractivity contribution in [2.75, 3.05) is 0 Å². The molecule has 12 heteroatoms. The first-order chi connectivity index (χ1) is 14.7. The van der Waals surface area contributed by atoms with Gasteiger partial charge in [-0.05, 0) is 30.3 Å². The fraction of sp³-hybridized carbons (Fsp3) is 0.200. The minimum Gasteiger partial charge on any atom is -0.478 e. The number of hydrogen-bond acceptors (Lipinski definition) is 4. The zero-order chi connectivity index (χ0) is 24.4. The van der Waals surface area contributed by atoms with E-state index in [0.717, 1.165) is 24.3 Å². The zero-order valence-electron chi connectivity index (χ0n) is 16.4. The van der Waals surface area contributed by atoms with E-state index >= 15 is 0 Å². The SMILES string of the molecule is C[Si](CCC(F)(F)F)(c1ccc(C(=O)O)c(C(=O)O)c1)c1ccc(C(=O)O)c(C(=O)O)c1. The van der Waals surface area contributed by atoms with Crippen LogP contribution >= 0.6 is 0 Å². The molecule has 0 aromatic heterocycles. The van der Waals surface area contributed by atoms with Gasteiger partial charge in [0.15, 0.2) is 0 Å². The maximum atomic E-state index is 13.1. The molecule has 2 aromatic carbocycles. The normalized spacial score (nSPS) is 11.8. The molecular formula is C20H17F3O8Si. The summed E-state index contributed by atoms with van der Waals surface area (Å²) in [6, 6.07) is 5.84. The van der Waals surface area contributed by atoms with Crippen LogP contribution in [0.15, 0.2) is 36.4 Å². The van der Waals surface area contributed by atoms with Crippen molar-refractivity contribution in [1.29, 1.82) is 0 Å². The minimum absolute atomic E-state index is 0.128. The Hall–Kier alpha value is -3.67. The molecule has 0 heterocycles. The average Bonchev–Trinajstić information content (AvgIpc) is 2.70. The largest absolute Gasteiger partial charge is 0.478 e. The van der Waals surface area contributed by atoms with Crippen molar-refractivity contribution in [3.05, 3.63) is 58.7 Å². The van der Waals surface area contributed by atoms with E-state index in [1.165, 1.54) is 18.7 Å². The monoisotopic (exact) mass is 470 g/mol. The molecule has 0 radical (unpaired) electrons. The molecule has 170 valence electrons. The van der Waals surface area contributed by atoms with Gasteiger partial charge >= 0.3 is 30.1 Å². The summed E-state index contributed by atoms with van der Waals surface area (Å²) in [6.45, 7) is 1.45. The summed E-state index contributed by atoms with van der Waals surface area (Å²) in [4.78, 5) is 45.7. The van der Waals surface area contributed by atoms with Gasteiger partial charge in [0.2, 0.25) is 0 Å². The van der Waals surface area contributed by atoms with E-state index in [-0.39, 0.29) is 10.4 Å². The predicted octanol–water partition coefficient (Wildman–Crippen LogP) is 2.62. The lowest BCUT2D eigenvalue weighted by atomic mass is 10.1. The highest BCUT2D eigenvalue weighted by Gasteiger charge is 2.39. The fourth-order valence-corrected chi connectivity index (χ4v) is 6.87. The number of benzene rings is 2. The van der Waals surface area contributed by atoms with Gasteiger partial charge in [0.05, 0.1) is 22.3 Å². The standard InChI is InChI=1S/C20H17F3O8Si/c1-32(7-6-20(21,22)23,10-2-4-12(16(24)25)14(8-10)18(28)29)11-3-5-13(17(26)27)15(9-11)19(30)31/h2-5,8-9H,6-7H2,1H3,(H,24,25)(H,26,27)(H,28,29)(H,30,31). The number of carbonyl (C=O) groups is 4. The smallest absolute Gasteiger partial charge is 0.388 e. The number of carboxylic acids is 4. The highest BCUT2D eigenvalue weighted by Crippen LogP contribution is 2.27. The van der Waals surface area contributed by atoms with Gasteiger partial charge in [0, 0.05) is 6.42 Å². The second-order valence-corrected chi connectivity index (χ2v) is 11.5. The maximum Gasteiger partial charge on any atom is 0.388 e. The van der Waals surface area contributed by atoms with Crippen LogP contribution in [0.4, 0.5) is 13.2 Å². The summed E-state index contributed by atoms with van der Waals surface area (Å²) in [5.41, 5.74) is -2.36. The molecule has 4 N–H and O–H groups in total. The second-order valence-electron chi connectivity index (χ2n) is 7.19. The maximum absolute atomic E-state index is 13.1. The zero-order valence-corrected chi connectivity index (χ0v) is 17.4. The lowest BCUT2D eigenvalue weighted by molar-refractivity contribution is -0.130. The van der Waals surface area contributed by atoms with Crippen LogP contribution in [0.25, 0.3) is 0 Å². The highest BCUT2D eigenvalue weighted by atomic mass is 28.3. The molecule has 0 saturated heterocycles. The van der Waals surface area contributed by atoms with E-state index in [9.17, 15) is 52.8 Å². The summed E-state index contributed by atoms with van der Waals surface area (Å²) in [6.07, 6.45) is -5.83. The Morgan fingerprint density at radius 2 is 1.06 bits per heavy atom. The van der Waals surface area contributed by atoms with Crippen LogP contribution in [0.2, 0.25) is 12.6 Å². The van der Waals surface area contributed by atoms with Crippen molar-refractivity contribution in [3.8, 4) is 0 Å². The first-order valence-corrected chi connectivity index (χ1v) is 11.7. The van der Waals surface area contributed by atoms with E-state index in [1.54, 1.807) is 0 Å². The number of aromatic carboxylic acids is 4. The molecule has 0 saturated carbocycles. The fourth-order valence-electron chi connectivity index (χ4n) is 3.35. The first-order valence-electron chi connectivity index (χ1n) is 8.96. The van der Waals surface area contributed by atoms with Crippen molar-refractivity contribution >= 4 is 42.3 Å². The van der Waals surface area contributed by atoms with Crippen molar-refractivity contribution in [2.24, 2.45) is 0 Å². The molecule has 0 fully saturated rings. The van der Waals surface area contributed by atoms with Crippen molar-refractivity contribution < 1.29 is 52.8 Å². The van der Waals surface area contributed by atoms with Gasteiger partial charge in [-0.25, -0.2) is 19.2 Å². The molecule has 8 nitrogen and oxygen atoms in total. The topological polar surface area (TPSA) is 149 Å². The van der Waals surface area contributed by atoms with E-state index in [4.69, 9.17) is 0 Å². The summed E-state index contributed by atoms with van der Waals surface area (Å²) < 4.78 is 39.2. The minimum atomic E-state index is -4.57. The van der Waals surface area contributed by atoms with E-state index in [2.05, 4.69) is 0 Å². The Kier molecular flexibility index (Phi) is 6.78. The third-order valence-electron chi connectivity index (χ3n) is 5.14. The van der Waals surface area contributed by atoms with Gasteiger partial charge in [0.1, 0.15) is 8.07 Å². The van der Waals surface area contributed by atoms with Crippen molar-refractivity contribution in [1.82, 2.24) is 0 Å². The van der Waals surface area contributed by atoms with Crippen molar-refractivity contribution in [3.63, 3.8) is 0 Å². The van der Waals surface area contributed by atoms with E-state index in [1.807, 2.05) is 0 Å². The van der Waals surface area contributed by atoms with Crippen molar-refractivity contribution in [2.45, 2.75) is 25.2 Å². The highest BCUT2D eigenvalue weighted by molar-refractivity contribution is 7.01. The lowest BCUT2D eigenvalue weighted by Crippen LogP contribution is -2.56. The van der Waals surface area contributed by atoms with E-state index < -0.39 is 72.8 Å².